The molecule has 0 aliphatic heterocycles. The van der Waals surface area contributed by atoms with Crippen LogP contribution in [0.15, 0.2) is 12.2 Å². The van der Waals surface area contributed by atoms with Gasteiger partial charge in [-0.25, -0.2) is 0 Å². The molecule has 0 aromatic heterocycles. The lowest BCUT2D eigenvalue weighted by atomic mass is 10.3. The summed E-state index contributed by atoms with van der Waals surface area (Å²) in [5.74, 6) is -0.504. The standard InChI is InChI=1S/C11H19NO3/c1-4-7-10(13)12(8-5-2)9-11(14)15-6-3/h4,7H,5-6,8-9H2,1-3H3. The van der Waals surface area contributed by atoms with Gasteiger partial charge in [-0.3, -0.25) is 9.59 Å². The van der Waals surface area contributed by atoms with Crippen molar-refractivity contribution in [3.05, 3.63) is 12.2 Å². The molecule has 0 aromatic rings. The van der Waals surface area contributed by atoms with Gasteiger partial charge in [-0.05, 0) is 26.3 Å². The van der Waals surface area contributed by atoms with E-state index in [0.29, 0.717) is 13.2 Å². The zero-order valence-electron chi connectivity index (χ0n) is 9.66. The van der Waals surface area contributed by atoms with Gasteiger partial charge in [-0.1, -0.05) is 13.0 Å². The van der Waals surface area contributed by atoms with Crippen LogP contribution in [0.1, 0.15) is 27.2 Å². The Balaban J connectivity index is 4.26. The smallest absolute Gasteiger partial charge is 0.325 e. The number of ether oxygens (including phenoxy) is 1. The number of carbonyl (C=O) groups excluding carboxylic acids is 2. The molecule has 0 aliphatic carbocycles. The summed E-state index contributed by atoms with van der Waals surface area (Å²) in [4.78, 5) is 24.2. The molecule has 0 aromatic carbocycles. The SMILES string of the molecule is CC=CC(=O)N(CCC)CC(=O)OCC. The van der Waals surface area contributed by atoms with Gasteiger partial charge < -0.3 is 9.64 Å². The third-order valence-corrected chi connectivity index (χ3v) is 1.74. The second kappa shape index (κ2) is 8.03. The molecule has 86 valence electrons. The molecule has 4 heteroatoms. The zero-order valence-corrected chi connectivity index (χ0v) is 9.66. The highest BCUT2D eigenvalue weighted by Crippen LogP contribution is 1.96. The Labute approximate surface area is 90.9 Å². The Morgan fingerprint density at radius 1 is 1.33 bits per heavy atom. The highest BCUT2D eigenvalue weighted by atomic mass is 16.5. The zero-order chi connectivity index (χ0) is 11.7. The molecular weight excluding hydrogens is 194 g/mol. The number of nitrogens with zero attached hydrogens (tertiary/aromatic N) is 1. The lowest BCUT2D eigenvalue weighted by Gasteiger charge is -2.19. The van der Waals surface area contributed by atoms with Gasteiger partial charge in [0, 0.05) is 6.54 Å². The Kier molecular flexibility index (Phi) is 7.32. The molecule has 15 heavy (non-hydrogen) atoms. The maximum absolute atomic E-state index is 11.5. The summed E-state index contributed by atoms with van der Waals surface area (Å²) in [7, 11) is 0. The van der Waals surface area contributed by atoms with Gasteiger partial charge in [0.2, 0.25) is 5.91 Å². The van der Waals surface area contributed by atoms with Crippen LogP contribution in [0.5, 0.6) is 0 Å². The highest BCUT2D eigenvalue weighted by molar-refractivity contribution is 5.90. The lowest BCUT2D eigenvalue weighted by Crippen LogP contribution is -2.36. The molecule has 0 fully saturated rings. The van der Waals surface area contributed by atoms with Crippen molar-refractivity contribution in [1.29, 1.82) is 0 Å². The average molecular weight is 213 g/mol. The minimum absolute atomic E-state index is 0.0326. The van der Waals surface area contributed by atoms with Crippen LogP contribution in [0.2, 0.25) is 0 Å². The fraction of sp³-hybridized carbons (Fsp3) is 0.636. The van der Waals surface area contributed by atoms with Gasteiger partial charge in [0.15, 0.2) is 0 Å². The molecule has 1 amide bonds. The van der Waals surface area contributed by atoms with E-state index in [0.717, 1.165) is 6.42 Å². The van der Waals surface area contributed by atoms with Crippen molar-refractivity contribution in [3.63, 3.8) is 0 Å². The van der Waals surface area contributed by atoms with E-state index >= 15 is 0 Å². The normalized spacial score (nSPS) is 10.3. The predicted molar refractivity (Wildman–Crippen MR) is 58.3 cm³/mol. The van der Waals surface area contributed by atoms with Crippen molar-refractivity contribution in [2.45, 2.75) is 27.2 Å². The third kappa shape index (κ3) is 5.88. The number of allylic oxidation sites excluding steroid dienone is 1. The Hall–Kier alpha value is -1.32. The molecule has 0 saturated carbocycles. The summed E-state index contributed by atoms with van der Waals surface area (Å²) in [5.41, 5.74) is 0. The maximum Gasteiger partial charge on any atom is 0.325 e. The van der Waals surface area contributed by atoms with Gasteiger partial charge in [0.05, 0.1) is 6.61 Å². The molecule has 0 heterocycles. The van der Waals surface area contributed by atoms with Crippen LogP contribution in [0.4, 0.5) is 0 Å². The number of amides is 1. The number of rotatable bonds is 6. The largest absolute Gasteiger partial charge is 0.465 e. The van der Waals surface area contributed by atoms with E-state index in [4.69, 9.17) is 4.74 Å². The van der Waals surface area contributed by atoms with Gasteiger partial charge in [-0.15, -0.1) is 0 Å². The van der Waals surface area contributed by atoms with E-state index in [9.17, 15) is 9.59 Å². The second-order valence-corrected chi connectivity index (χ2v) is 3.06. The van der Waals surface area contributed by atoms with Gasteiger partial charge in [0.1, 0.15) is 6.54 Å². The Morgan fingerprint density at radius 3 is 2.47 bits per heavy atom. The summed E-state index contributed by atoms with van der Waals surface area (Å²) in [6, 6.07) is 0. The molecule has 0 saturated heterocycles. The van der Waals surface area contributed by atoms with Gasteiger partial charge >= 0.3 is 5.97 Å². The number of hydrogen-bond donors (Lipinski definition) is 0. The number of hydrogen-bond acceptors (Lipinski definition) is 3. The van der Waals surface area contributed by atoms with Crippen molar-refractivity contribution in [2.75, 3.05) is 19.7 Å². The van der Waals surface area contributed by atoms with E-state index in [1.54, 1.807) is 19.9 Å². The average Bonchev–Trinajstić information content (AvgIpc) is 2.18. The minimum atomic E-state index is -0.358. The van der Waals surface area contributed by atoms with Crippen LogP contribution in [-0.4, -0.2) is 36.5 Å². The molecule has 0 radical (unpaired) electrons. The first kappa shape index (κ1) is 13.7. The monoisotopic (exact) mass is 213 g/mol. The van der Waals surface area contributed by atoms with Gasteiger partial charge in [0.25, 0.3) is 0 Å². The molecule has 0 atom stereocenters. The molecular formula is C11H19NO3. The predicted octanol–water partition coefficient (Wildman–Crippen LogP) is 1.36. The van der Waals surface area contributed by atoms with Crippen LogP contribution in [0.3, 0.4) is 0 Å². The first-order chi connectivity index (χ1) is 7.15. The van der Waals surface area contributed by atoms with E-state index in [1.807, 2.05) is 6.92 Å². The molecule has 0 spiro atoms. The molecule has 0 aliphatic rings. The molecule has 0 N–H and O–H groups in total. The fourth-order valence-electron chi connectivity index (χ4n) is 1.15. The van der Waals surface area contributed by atoms with Crippen LogP contribution in [0, 0.1) is 0 Å². The van der Waals surface area contributed by atoms with Crippen LogP contribution in [0.25, 0.3) is 0 Å². The van der Waals surface area contributed by atoms with Crippen LogP contribution < -0.4 is 0 Å². The fourth-order valence-corrected chi connectivity index (χ4v) is 1.15. The molecule has 0 unspecified atom stereocenters. The highest BCUT2D eigenvalue weighted by Gasteiger charge is 2.14. The van der Waals surface area contributed by atoms with Crippen LogP contribution >= 0.6 is 0 Å². The quantitative estimate of drug-likeness (QED) is 0.494. The topological polar surface area (TPSA) is 46.6 Å². The molecule has 0 bridgehead atoms. The van der Waals surface area contributed by atoms with Crippen LogP contribution in [-0.2, 0) is 14.3 Å². The number of carbonyl (C=O) groups is 2. The molecule has 4 nitrogen and oxygen atoms in total. The minimum Gasteiger partial charge on any atom is -0.465 e. The summed E-state index contributed by atoms with van der Waals surface area (Å²) in [5, 5.41) is 0. The Bertz CT molecular complexity index is 236. The van der Waals surface area contributed by atoms with Crippen molar-refractivity contribution >= 4 is 11.9 Å². The van der Waals surface area contributed by atoms with Crippen molar-refractivity contribution < 1.29 is 14.3 Å². The third-order valence-electron chi connectivity index (χ3n) is 1.74. The first-order valence-corrected chi connectivity index (χ1v) is 5.22. The first-order valence-electron chi connectivity index (χ1n) is 5.22. The van der Waals surface area contributed by atoms with Gasteiger partial charge in [-0.2, -0.15) is 0 Å². The number of esters is 1. The second-order valence-electron chi connectivity index (χ2n) is 3.06. The van der Waals surface area contributed by atoms with E-state index in [2.05, 4.69) is 0 Å². The maximum atomic E-state index is 11.5. The van der Waals surface area contributed by atoms with E-state index in [-0.39, 0.29) is 18.4 Å². The van der Waals surface area contributed by atoms with Crippen molar-refractivity contribution in [3.8, 4) is 0 Å². The summed E-state index contributed by atoms with van der Waals surface area (Å²) in [6.45, 7) is 6.42. The summed E-state index contributed by atoms with van der Waals surface area (Å²) < 4.78 is 4.79. The Morgan fingerprint density at radius 2 is 2.00 bits per heavy atom. The van der Waals surface area contributed by atoms with Crippen molar-refractivity contribution in [2.24, 2.45) is 0 Å². The van der Waals surface area contributed by atoms with Crippen molar-refractivity contribution in [1.82, 2.24) is 4.90 Å². The lowest BCUT2D eigenvalue weighted by molar-refractivity contribution is -0.147. The molecule has 0 rings (SSSR count). The van der Waals surface area contributed by atoms with E-state index < -0.39 is 0 Å². The summed E-state index contributed by atoms with van der Waals surface area (Å²) >= 11 is 0. The van der Waals surface area contributed by atoms with E-state index in [1.165, 1.54) is 11.0 Å². The summed E-state index contributed by atoms with van der Waals surface area (Å²) in [6.07, 6.45) is 3.94.